The van der Waals surface area contributed by atoms with E-state index in [1.807, 2.05) is 0 Å². The van der Waals surface area contributed by atoms with E-state index in [0.29, 0.717) is 18.0 Å². The summed E-state index contributed by atoms with van der Waals surface area (Å²) >= 11 is 0. The average molecular weight is 269 g/mol. The van der Waals surface area contributed by atoms with Gasteiger partial charge in [-0.15, -0.1) is 0 Å². The molecular formula is C16H35N3. The predicted octanol–water partition coefficient (Wildman–Crippen LogP) is 2.81. The Hall–Kier alpha value is -0.120. The summed E-state index contributed by atoms with van der Waals surface area (Å²) in [4.78, 5) is 2.66. The molecular weight excluding hydrogens is 234 g/mol. The first-order valence-corrected chi connectivity index (χ1v) is 8.11. The molecule has 1 fully saturated rings. The van der Waals surface area contributed by atoms with E-state index in [-0.39, 0.29) is 5.66 Å². The fourth-order valence-corrected chi connectivity index (χ4v) is 3.56. The first-order chi connectivity index (χ1) is 8.87. The summed E-state index contributed by atoms with van der Waals surface area (Å²) in [6.45, 7) is 15.6. The van der Waals surface area contributed by atoms with E-state index in [2.05, 4.69) is 51.8 Å². The smallest absolute Gasteiger partial charge is 0.0748 e. The summed E-state index contributed by atoms with van der Waals surface area (Å²) in [6.07, 6.45) is 3.89. The topological polar surface area (TPSA) is 41.3 Å². The Bertz CT molecular complexity index is 261. The Morgan fingerprint density at radius 1 is 1.21 bits per heavy atom. The molecule has 0 aromatic carbocycles. The Morgan fingerprint density at radius 3 is 2.11 bits per heavy atom. The molecule has 3 nitrogen and oxygen atoms in total. The minimum Gasteiger partial charge on any atom is -0.330 e. The maximum absolute atomic E-state index is 5.90. The van der Waals surface area contributed by atoms with Crippen LogP contribution in [0, 0.1) is 11.8 Å². The fourth-order valence-electron chi connectivity index (χ4n) is 3.56. The highest BCUT2D eigenvalue weighted by atomic mass is 15.3. The molecule has 0 amide bonds. The van der Waals surface area contributed by atoms with E-state index in [0.717, 1.165) is 19.0 Å². The van der Waals surface area contributed by atoms with Crippen molar-refractivity contribution in [2.24, 2.45) is 17.6 Å². The lowest BCUT2D eigenvalue weighted by atomic mass is 9.88. The largest absolute Gasteiger partial charge is 0.330 e. The molecule has 0 bridgehead atoms. The molecule has 3 N–H and O–H groups in total. The van der Waals surface area contributed by atoms with Gasteiger partial charge in [-0.05, 0) is 71.9 Å². The zero-order valence-corrected chi connectivity index (χ0v) is 13.9. The van der Waals surface area contributed by atoms with Gasteiger partial charge < -0.3 is 5.73 Å². The van der Waals surface area contributed by atoms with Crippen LogP contribution in [0.5, 0.6) is 0 Å². The van der Waals surface area contributed by atoms with E-state index in [1.165, 1.54) is 19.3 Å². The molecule has 0 aromatic rings. The molecule has 0 spiro atoms. The van der Waals surface area contributed by atoms with Gasteiger partial charge in [0.05, 0.1) is 5.66 Å². The van der Waals surface area contributed by atoms with Crippen molar-refractivity contribution in [3.05, 3.63) is 0 Å². The van der Waals surface area contributed by atoms with Crippen molar-refractivity contribution in [2.45, 2.75) is 78.6 Å². The average Bonchev–Trinajstić information content (AvgIpc) is 3.11. The maximum Gasteiger partial charge on any atom is 0.0748 e. The van der Waals surface area contributed by atoms with Gasteiger partial charge in [-0.25, -0.2) is 0 Å². The third kappa shape index (κ3) is 4.17. The standard InChI is InChI=1S/C16H35N3/c1-7-19(13(4)5)16(15-8-9-15,18-12(2)3)10-14(6)11-17/h12-15,18H,7-11,17H2,1-6H3. The van der Waals surface area contributed by atoms with Crippen molar-refractivity contribution in [1.29, 1.82) is 0 Å². The SMILES string of the molecule is CCN(C(C)C)C(CC(C)CN)(NC(C)C)C1CC1. The van der Waals surface area contributed by atoms with Crippen LogP contribution in [0.25, 0.3) is 0 Å². The van der Waals surface area contributed by atoms with Crippen LogP contribution in [0.4, 0.5) is 0 Å². The molecule has 0 radical (unpaired) electrons. The Labute approximate surface area is 120 Å². The van der Waals surface area contributed by atoms with Crippen LogP contribution in [-0.4, -0.2) is 35.7 Å². The van der Waals surface area contributed by atoms with E-state index < -0.39 is 0 Å². The Morgan fingerprint density at radius 2 is 1.79 bits per heavy atom. The van der Waals surface area contributed by atoms with Gasteiger partial charge in [0.2, 0.25) is 0 Å². The van der Waals surface area contributed by atoms with Crippen LogP contribution < -0.4 is 11.1 Å². The van der Waals surface area contributed by atoms with Gasteiger partial charge in [0.25, 0.3) is 0 Å². The molecule has 1 saturated carbocycles. The van der Waals surface area contributed by atoms with Crippen LogP contribution in [0.15, 0.2) is 0 Å². The normalized spacial score (nSPS) is 21.2. The monoisotopic (exact) mass is 269 g/mol. The molecule has 0 saturated heterocycles. The van der Waals surface area contributed by atoms with Crippen LogP contribution >= 0.6 is 0 Å². The van der Waals surface area contributed by atoms with Crippen LogP contribution in [0.2, 0.25) is 0 Å². The maximum atomic E-state index is 5.90. The number of nitrogens with one attached hydrogen (secondary N) is 1. The van der Waals surface area contributed by atoms with Crippen molar-refractivity contribution in [3.8, 4) is 0 Å². The first kappa shape index (κ1) is 16.9. The van der Waals surface area contributed by atoms with Gasteiger partial charge in [0.15, 0.2) is 0 Å². The van der Waals surface area contributed by atoms with E-state index in [4.69, 9.17) is 5.73 Å². The third-order valence-corrected chi connectivity index (χ3v) is 4.33. The van der Waals surface area contributed by atoms with Gasteiger partial charge in [0, 0.05) is 12.1 Å². The Balaban J connectivity index is 3.02. The lowest BCUT2D eigenvalue weighted by Crippen LogP contribution is -2.65. The summed E-state index contributed by atoms with van der Waals surface area (Å²) in [7, 11) is 0. The molecule has 0 aromatic heterocycles. The summed E-state index contributed by atoms with van der Waals surface area (Å²) in [5.74, 6) is 1.37. The van der Waals surface area contributed by atoms with E-state index in [9.17, 15) is 0 Å². The molecule has 1 rings (SSSR count). The highest BCUT2D eigenvalue weighted by Crippen LogP contribution is 2.45. The van der Waals surface area contributed by atoms with Crippen molar-refractivity contribution < 1.29 is 0 Å². The molecule has 2 atom stereocenters. The number of hydrogen-bond acceptors (Lipinski definition) is 3. The van der Waals surface area contributed by atoms with E-state index >= 15 is 0 Å². The summed E-state index contributed by atoms with van der Waals surface area (Å²) < 4.78 is 0. The summed E-state index contributed by atoms with van der Waals surface area (Å²) in [5.41, 5.74) is 6.05. The van der Waals surface area contributed by atoms with Crippen LogP contribution in [0.3, 0.4) is 0 Å². The number of nitrogens with zero attached hydrogens (tertiary/aromatic N) is 1. The summed E-state index contributed by atoms with van der Waals surface area (Å²) in [6, 6.07) is 1.08. The lowest BCUT2D eigenvalue weighted by Gasteiger charge is -2.49. The predicted molar refractivity (Wildman–Crippen MR) is 84.1 cm³/mol. The molecule has 3 heteroatoms. The molecule has 0 heterocycles. The molecule has 114 valence electrons. The van der Waals surface area contributed by atoms with Crippen LogP contribution in [0.1, 0.15) is 60.8 Å². The molecule has 1 aliphatic carbocycles. The van der Waals surface area contributed by atoms with Crippen molar-refractivity contribution in [2.75, 3.05) is 13.1 Å². The van der Waals surface area contributed by atoms with E-state index in [1.54, 1.807) is 0 Å². The Kier molecular flexibility index (Phi) is 6.28. The third-order valence-electron chi connectivity index (χ3n) is 4.33. The second-order valence-corrected chi connectivity index (χ2v) is 6.92. The molecule has 19 heavy (non-hydrogen) atoms. The first-order valence-electron chi connectivity index (χ1n) is 8.11. The zero-order chi connectivity index (χ0) is 14.6. The lowest BCUT2D eigenvalue weighted by molar-refractivity contribution is -0.0124. The highest BCUT2D eigenvalue weighted by molar-refractivity contribution is 5.02. The van der Waals surface area contributed by atoms with Gasteiger partial charge in [0.1, 0.15) is 0 Å². The van der Waals surface area contributed by atoms with Crippen molar-refractivity contribution in [1.82, 2.24) is 10.2 Å². The second-order valence-electron chi connectivity index (χ2n) is 6.92. The van der Waals surface area contributed by atoms with Gasteiger partial charge in [-0.1, -0.05) is 13.8 Å². The number of hydrogen-bond donors (Lipinski definition) is 2. The molecule has 1 aliphatic rings. The van der Waals surface area contributed by atoms with Crippen molar-refractivity contribution in [3.63, 3.8) is 0 Å². The quantitative estimate of drug-likeness (QED) is 0.632. The summed E-state index contributed by atoms with van der Waals surface area (Å²) in [5, 5.41) is 3.92. The zero-order valence-electron chi connectivity index (χ0n) is 13.9. The minimum atomic E-state index is 0.149. The fraction of sp³-hybridized carbons (Fsp3) is 1.00. The number of rotatable bonds is 9. The van der Waals surface area contributed by atoms with Gasteiger partial charge >= 0.3 is 0 Å². The van der Waals surface area contributed by atoms with Gasteiger partial charge in [-0.2, -0.15) is 0 Å². The molecule has 0 aliphatic heterocycles. The van der Waals surface area contributed by atoms with Crippen molar-refractivity contribution >= 4 is 0 Å². The second kappa shape index (κ2) is 7.05. The highest BCUT2D eigenvalue weighted by Gasteiger charge is 2.49. The number of nitrogens with two attached hydrogens (primary N) is 1. The molecule has 2 unspecified atom stereocenters. The van der Waals surface area contributed by atoms with Crippen LogP contribution in [-0.2, 0) is 0 Å². The minimum absolute atomic E-state index is 0.149. The van der Waals surface area contributed by atoms with Gasteiger partial charge in [-0.3, -0.25) is 10.2 Å².